The van der Waals surface area contributed by atoms with Crippen molar-refractivity contribution in [3.63, 3.8) is 0 Å². The van der Waals surface area contributed by atoms with Crippen LogP contribution in [-0.4, -0.2) is 55.8 Å². The van der Waals surface area contributed by atoms with Crippen LogP contribution >= 0.6 is 12.2 Å². The Labute approximate surface area is 143 Å². The van der Waals surface area contributed by atoms with Gasteiger partial charge in [-0.3, -0.25) is 10.1 Å². The maximum Gasteiger partial charge on any atom is 0.257 e. The highest BCUT2D eigenvalue weighted by Gasteiger charge is 2.20. The molecule has 6 heteroatoms. The lowest BCUT2D eigenvalue weighted by Gasteiger charge is -2.31. The van der Waals surface area contributed by atoms with Gasteiger partial charge in [-0.05, 0) is 42.4 Å². The minimum absolute atomic E-state index is 0.170. The number of nitrogens with zero attached hydrogens (tertiary/aromatic N) is 1. The Bertz CT molecular complexity index is 537. The molecule has 0 bridgehead atoms. The van der Waals surface area contributed by atoms with Crippen LogP contribution < -0.4 is 15.0 Å². The first-order chi connectivity index (χ1) is 11.0. The predicted molar refractivity (Wildman–Crippen MR) is 95.0 cm³/mol. The summed E-state index contributed by atoms with van der Waals surface area (Å²) in [6.07, 6.45) is 0. The van der Waals surface area contributed by atoms with Gasteiger partial charge in [0.1, 0.15) is 5.75 Å². The summed E-state index contributed by atoms with van der Waals surface area (Å²) in [5, 5.41) is 3.34. The minimum atomic E-state index is -0.170. The van der Waals surface area contributed by atoms with Gasteiger partial charge in [-0.2, -0.15) is 0 Å². The molecule has 1 aromatic carbocycles. The first kappa shape index (κ1) is 17.7. The largest absolute Gasteiger partial charge is 0.493 e. The van der Waals surface area contributed by atoms with Crippen molar-refractivity contribution in [2.45, 2.75) is 13.8 Å². The second kappa shape index (κ2) is 8.26. The Morgan fingerprint density at radius 2 is 1.91 bits per heavy atom. The van der Waals surface area contributed by atoms with Gasteiger partial charge in [-0.25, -0.2) is 0 Å². The highest BCUT2D eigenvalue weighted by atomic mass is 32.1. The van der Waals surface area contributed by atoms with Gasteiger partial charge < -0.3 is 14.5 Å². The third-order valence-corrected chi connectivity index (χ3v) is 4.18. The summed E-state index contributed by atoms with van der Waals surface area (Å²) >= 11 is 5.34. The normalized spacial score (nSPS) is 15.6. The van der Waals surface area contributed by atoms with Gasteiger partial charge in [0.15, 0.2) is 5.11 Å². The van der Waals surface area contributed by atoms with Crippen LogP contribution in [0.3, 0.4) is 0 Å². The van der Waals surface area contributed by atoms with E-state index in [1.54, 1.807) is 12.1 Å². The van der Waals surface area contributed by atoms with Crippen LogP contribution in [0.1, 0.15) is 24.2 Å². The van der Waals surface area contributed by atoms with Crippen molar-refractivity contribution < 1.29 is 14.4 Å². The zero-order valence-corrected chi connectivity index (χ0v) is 14.9. The molecule has 0 saturated carbocycles. The van der Waals surface area contributed by atoms with Gasteiger partial charge in [-0.1, -0.05) is 13.8 Å². The Kier molecular flexibility index (Phi) is 6.36. The number of amides is 1. The molecule has 126 valence electrons. The molecule has 2 N–H and O–H groups in total. The second-order valence-electron chi connectivity index (χ2n) is 6.43. The third kappa shape index (κ3) is 5.48. The Morgan fingerprint density at radius 3 is 2.48 bits per heavy atom. The van der Waals surface area contributed by atoms with Gasteiger partial charge in [0.25, 0.3) is 5.91 Å². The van der Waals surface area contributed by atoms with Crippen molar-refractivity contribution in [3.05, 3.63) is 29.8 Å². The minimum Gasteiger partial charge on any atom is -0.493 e. The molecule has 0 atom stereocenters. The monoisotopic (exact) mass is 336 g/mol. The molecule has 23 heavy (non-hydrogen) atoms. The number of thiocarbonyl (C=S) groups is 1. The van der Waals surface area contributed by atoms with E-state index in [0.717, 1.165) is 31.9 Å². The average Bonchev–Trinajstić information content (AvgIpc) is 2.54. The van der Waals surface area contributed by atoms with Crippen molar-refractivity contribution in [1.82, 2.24) is 10.2 Å². The number of ether oxygens (including phenoxy) is 1. The second-order valence-corrected chi connectivity index (χ2v) is 6.82. The zero-order chi connectivity index (χ0) is 16.8. The van der Waals surface area contributed by atoms with E-state index in [9.17, 15) is 4.79 Å². The molecular weight excluding hydrogens is 310 g/mol. The van der Waals surface area contributed by atoms with Gasteiger partial charge in [-0.15, -0.1) is 0 Å². The third-order valence-electron chi connectivity index (χ3n) is 3.82. The number of hydrogen-bond acceptors (Lipinski definition) is 3. The molecule has 0 aliphatic carbocycles. The summed E-state index contributed by atoms with van der Waals surface area (Å²) in [6, 6.07) is 7.17. The van der Waals surface area contributed by atoms with Crippen molar-refractivity contribution in [2.75, 3.05) is 39.8 Å². The fourth-order valence-corrected chi connectivity index (χ4v) is 2.58. The smallest absolute Gasteiger partial charge is 0.257 e. The molecule has 0 radical (unpaired) electrons. The molecule has 1 heterocycles. The van der Waals surface area contributed by atoms with E-state index in [2.05, 4.69) is 31.1 Å². The molecule has 1 aliphatic heterocycles. The first-order valence-corrected chi connectivity index (χ1v) is 8.51. The molecule has 1 fully saturated rings. The maximum absolute atomic E-state index is 12.3. The number of carbonyl (C=O) groups excluding carboxylic acids is 1. The van der Waals surface area contributed by atoms with E-state index >= 15 is 0 Å². The molecular formula is C17H26N3O2S+. The summed E-state index contributed by atoms with van der Waals surface area (Å²) in [6.45, 7) is 8.71. The summed E-state index contributed by atoms with van der Waals surface area (Å²) in [4.78, 5) is 15.8. The van der Waals surface area contributed by atoms with E-state index in [-0.39, 0.29) is 5.91 Å². The van der Waals surface area contributed by atoms with Crippen LogP contribution in [0.25, 0.3) is 0 Å². The van der Waals surface area contributed by atoms with Crippen LogP contribution in [0.5, 0.6) is 5.75 Å². The van der Waals surface area contributed by atoms with E-state index in [1.807, 2.05) is 12.1 Å². The summed E-state index contributed by atoms with van der Waals surface area (Å²) < 4.78 is 5.62. The molecule has 1 saturated heterocycles. The molecule has 5 nitrogen and oxygen atoms in total. The molecule has 2 rings (SSSR count). The van der Waals surface area contributed by atoms with Crippen molar-refractivity contribution in [1.29, 1.82) is 0 Å². The van der Waals surface area contributed by atoms with Gasteiger partial charge in [0.05, 0.1) is 39.8 Å². The number of hydrogen-bond donors (Lipinski definition) is 2. The lowest BCUT2D eigenvalue weighted by molar-refractivity contribution is -0.883. The number of likely N-dealkylation sites (N-methyl/N-ethyl adjacent to an activating group) is 1. The number of rotatable bonds is 4. The highest BCUT2D eigenvalue weighted by molar-refractivity contribution is 7.80. The molecule has 1 amide bonds. The van der Waals surface area contributed by atoms with Gasteiger partial charge in [0, 0.05) is 5.56 Å². The lowest BCUT2D eigenvalue weighted by atomic mass is 10.2. The predicted octanol–water partition coefficient (Wildman–Crippen LogP) is 0.566. The summed E-state index contributed by atoms with van der Waals surface area (Å²) in [5.41, 5.74) is 0.587. The molecule has 0 spiro atoms. The van der Waals surface area contributed by atoms with Crippen LogP contribution in [-0.2, 0) is 0 Å². The standard InChI is InChI=1S/C17H25N3O2S/c1-13(2)12-22-15-6-4-14(5-7-15)16(21)18-17(23)20-10-8-19(3)9-11-20/h4-7,13H,8-12H2,1-3H3,(H,18,21,23)/p+1. The Balaban J connectivity index is 1.86. The molecule has 1 aliphatic rings. The molecule has 1 aromatic rings. The van der Waals surface area contributed by atoms with E-state index in [0.29, 0.717) is 23.2 Å². The first-order valence-electron chi connectivity index (χ1n) is 8.10. The summed E-state index contributed by atoms with van der Waals surface area (Å²) in [7, 11) is 2.17. The Hall–Kier alpha value is -1.66. The maximum atomic E-state index is 12.3. The van der Waals surface area contributed by atoms with E-state index in [4.69, 9.17) is 17.0 Å². The van der Waals surface area contributed by atoms with Crippen LogP contribution in [0.2, 0.25) is 0 Å². The highest BCUT2D eigenvalue weighted by Crippen LogP contribution is 2.13. The van der Waals surface area contributed by atoms with E-state index < -0.39 is 0 Å². The van der Waals surface area contributed by atoms with Crippen LogP contribution in [0.15, 0.2) is 24.3 Å². The van der Waals surface area contributed by atoms with Crippen LogP contribution in [0.4, 0.5) is 0 Å². The fourth-order valence-electron chi connectivity index (χ4n) is 2.31. The fraction of sp³-hybridized carbons (Fsp3) is 0.529. The quantitative estimate of drug-likeness (QED) is 0.789. The number of quaternary nitrogens is 1. The van der Waals surface area contributed by atoms with Crippen molar-refractivity contribution in [2.24, 2.45) is 5.92 Å². The van der Waals surface area contributed by atoms with Gasteiger partial charge >= 0.3 is 0 Å². The van der Waals surface area contributed by atoms with Crippen molar-refractivity contribution in [3.8, 4) is 5.75 Å². The molecule has 0 aromatic heterocycles. The Morgan fingerprint density at radius 1 is 1.30 bits per heavy atom. The number of carbonyl (C=O) groups is 1. The topological polar surface area (TPSA) is 46.0 Å². The number of benzene rings is 1. The lowest BCUT2D eigenvalue weighted by Crippen LogP contribution is -3.12. The van der Waals surface area contributed by atoms with Crippen LogP contribution in [0, 0.1) is 5.92 Å². The zero-order valence-electron chi connectivity index (χ0n) is 14.1. The van der Waals surface area contributed by atoms with E-state index in [1.165, 1.54) is 4.90 Å². The van der Waals surface area contributed by atoms with Crippen molar-refractivity contribution >= 4 is 23.2 Å². The van der Waals surface area contributed by atoms with Gasteiger partial charge in [0.2, 0.25) is 0 Å². The number of piperazine rings is 1. The average molecular weight is 336 g/mol. The number of nitrogens with one attached hydrogen (secondary N) is 2. The SMILES string of the molecule is CC(C)COc1ccc(C(=O)NC(=S)N2CC[NH+](C)CC2)cc1. The molecule has 0 unspecified atom stereocenters. The summed E-state index contributed by atoms with van der Waals surface area (Å²) in [5.74, 6) is 1.08.